The van der Waals surface area contributed by atoms with E-state index in [2.05, 4.69) is 5.32 Å². The summed E-state index contributed by atoms with van der Waals surface area (Å²) in [4.78, 5) is 28.5. The van der Waals surface area contributed by atoms with E-state index in [1.807, 2.05) is 6.07 Å². The number of piperazine rings is 1. The highest BCUT2D eigenvalue weighted by atomic mass is 32.1. The summed E-state index contributed by atoms with van der Waals surface area (Å²) in [6.45, 7) is 3.85. The number of aryl methyl sites for hydroxylation is 2. The predicted octanol–water partition coefficient (Wildman–Crippen LogP) is 1.21. The topological polar surface area (TPSA) is 58.6 Å². The van der Waals surface area contributed by atoms with Crippen LogP contribution in [0.25, 0.3) is 0 Å². The molecule has 1 aliphatic carbocycles. The maximum atomic E-state index is 12.7. The highest BCUT2D eigenvalue weighted by Gasteiger charge is 2.34. The number of hydrogen-bond acceptors (Lipinski definition) is 5. The van der Waals surface area contributed by atoms with Crippen LogP contribution in [0.15, 0.2) is 6.07 Å². The molecule has 21 heavy (non-hydrogen) atoms. The van der Waals surface area contributed by atoms with E-state index in [0.717, 1.165) is 17.7 Å². The highest BCUT2D eigenvalue weighted by Crippen LogP contribution is 2.31. The minimum Gasteiger partial charge on any atom is -0.464 e. The van der Waals surface area contributed by atoms with Gasteiger partial charge in [0.15, 0.2) is 0 Å². The van der Waals surface area contributed by atoms with Crippen molar-refractivity contribution in [1.82, 2.24) is 10.2 Å². The van der Waals surface area contributed by atoms with Crippen molar-refractivity contribution in [3.8, 4) is 0 Å². The molecule has 1 saturated heterocycles. The van der Waals surface area contributed by atoms with Gasteiger partial charge in [0.25, 0.3) is 5.91 Å². The summed E-state index contributed by atoms with van der Waals surface area (Å²) in [5.41, 5.74) is 1.31. The summed E-state index contributed by atoms with van der Waals surface area (Å²) >= 11 is 1.59. The number of hydrogen-bond donors (Lipinski definition) is 1. The number of carbonyl (C=O) groups excluding carboxylic acids is 2. The van der Waals surface area contributed by atoms with Crippen molar-refractivity contribution in [1.29, 1.82) is 0 Å². The maximum absolute atomic E-state index is 12.7. The Morgan fingerprint density at radius 3 is 3.10 bits per heavy atom. The number of nitrogens with one attached hydrogen (secondary N) is 1. The van der Waals surface area contributed by atoms with E-state index in [1.165, 1.54) is 16.9 Å². The lowest BCUT2D eigenvalue weighted by Gasteiger charge is -2.34. The van der Waals surface area contributed by atoms with Crippen molar-refractivity contribution in [3.05, 3.63) is 21.4 Å². The van der Waals surface area contributed by atoms with E-state index in [0.29, 0.717) is 26.2 Å². The molecule has 0 bridgehead atoms. The molecule has 6 heteroatoms. The fourth-order valence-electron chi connectivity index (χ4n) is 2.97. The van der Waals surface area contributed by atoms with Crippen LogP contribution in [0.5, 0.6) is 0 Å². The van der Waals surface area contributed by atoms with Crippen LogP contribution < -0.4 is 5.32 Å². The van der Waals surface area contributed by atoms with Crippen LogP contribution in [-0.2, 0) is 22.4 Å². The standard InChI is InChI=1S/C15H20N2O3S/c1-2-20-15(19)11-9-16-6-7-17(11)14(18)13-8-10-4-3-5-12(10)21-13/h8,11,16H,2-7,9H2,1H3. The summed E-state index contributed by atoms with van der Waals surface area (Å²) < 4.78 is 5.09. The van der Waals surface area contributed by atoms with Crippen LogP contribution in [0.4, 0.5) is 0 Å². The molecule has 0 saturated carbocycles. The number of esters is 1. The second-order valence-corrected chi connectivity index (χ2v) is 6.52. The number of fused-ring (bicyclic) bond motifs is 1. The smallest absolute Gasteiger partial charge is 0.330 e. The van der Waals surface area contributed by atoms with Crippen molar-refractivity contribution in [3.63, 3.8) is 0 Å². The molecule has 1 amide bonds. The summed E-state index contributed by atoms with van der Waals surface area (Å²) in [7, 11) is 0. The van der Waals surface area contributed by atoms with Crippen molar-refractivity contribution < 1.29 is 14.3 Å². The molecule has 5 nitrogen and oxygen atoms in total. The second kappa shape index (κ2) is 6.15. The monoisotopic (exact) mass is 308 g/mol. The zero-order valence-corrected chi connectivity index (χ0v) is 13.0. The fraction of sp³-hybridized carbons (Fsp3) is 0.600. The van der Waals surface area contributed by atoms with Crippen LogP contribution in [-0.4, -0.2) is 49.1 Å². The van der Waals surface area contributed by atoms with Crippen LogP contribution in [0.1, 0.15) is 33.5 Å². The Balaban J connectivity index is 1.78. The molecule has 1 N–H and O–H groups in total. The molecule has 3 rings (SSSR count). The van der Waals surface area contributed by atoms with Gasteiger partial charge in [-0.2, -0.15) is 0 Å². The third kappa shape index (κ3) is 2.82. The quantitative estimate of drug-likeness (QED) is 0.853. The van der Waals surface area contributed by atoms with E-state index in [4.69, 9.17) is 4.74 Å². The number of nitrogens with zero attached hydrogens (tertiary/aromatic N) is 1. The Hall–Kier alpha value is -1.40. The van der Waals surface area contributed by atoms with E-state index in [-0.39, 0.29) is 11.9 Å². The van der Waals surface area contributed by atoms with Crippen molar-refractivity contribution in [2.75, 3.05) is 26.2 Å². The number of amides is 1. The van der Waals surface area contributed by atoms with Gasteiger partial charge in [-0.25, -0.2) is 4.79 Å². The minimum absolute atomic E-state index is 0.0334. The van der Waals surface area contributed by atoms with Gasteiger partial charge in [0.05, 0.1) is 11.5 Å². The summed E-state index contributed by atoms with van der Waals surface area (Å²) in [5, 5.41) is 3.16. The van der Waals surface area contributed by atoms with Gasteiger partial charge >= 0.3 is 5.97 Å². The van der Waals surface area contributed by atoms with Gasteiger partial charge in [-0.05, 0) is 37.8 Å². The summed E-state index contributed by atoms with van der Waals surface area (Å²) in [6.07, 6.45) is 3.34. The molecule has 0 aromatic carbocycles. The molecule has 1 unspecified atom stereocenters. The third-order valence-electron chi connectivity index (χ3n) is 4.02. The lowest BCUT2D eigenvalue weighted by molar-refractivity contribution is -0.149. The van der Waals surface area contributed by atoms with Gasteiger partial charge < -0.3 is 15.0 Å². The molecule has 1 aliphatic heterocycles. The highest BCUT2D eigenvalue weighted by molar-refractivity contribution is 7.14. The van der Waals surface area contributed by atoms with E-state index < -0.39 is 6.04 Å². The Kier molecular flexibility index (Phi) is 4.26. The number of ether oxygens (including phenoxy) is 1. The normalized spacial score (nSPS) is 21.2. The largest absolute Gasteiger partial charge is 0.464 e. The van der Waals surface area contributed by atoms with Gasteiger partial charge in [0.1, 0.15) is 6.04 Å². The first kappa shape index (κ1) is 14.5. The van der Waals surface area contributed by atoms with Crippen LogP contribution >= 0.6 is 11.3 Å². The Morgan fingerprint density at radius 2 is 2.33 bits per heavy atom. The van der Waals surface area contributed by atoms with Crippen LogP contribution in [0.2, 0.25) is 0 Å². The second-order valence-electron chi connectivity index (χ2n) is 5.38. The summed E-state index contributed by atoms with van der Waals surface area (Å²) in [5.74, 6) is -0.351. The van der Waals surface area contributed by atoms with Gasteiger partial charge in [-0.3, -0.25) is 4.79 Å². The SMILES string of the molecule is CCOC(=O)C1CNCCN1C(=O)c1cc2c(s1)CCC2. The van der Waals surface area contributed by atoms with E-state index >= 15 is 0 Å². The molecule has 2 aliphatic rings. The molecule has 1 aromatic heterocycles. The van der Waals surface area contributed by atoms with Crippen LogP contribution in [0.3, 0.4) is 0 Å². The van der Waals surface area contributed by atoms with Crippen molar-refractivity contribution in [2.45, 2.75) is 32.2 Å². The maximum Gasteiger partial charge on any atom is 0.330 e. The molecule has 0 spiro atoms. The number of thiophene rings is 1. The van der Waals surface area contributed by atoms with Crippen molar-refractivity contribution >= 4 is 23.2 Å². The molecular weight excluding hydrogens is 288 g/mol. The molecule has 114 valence electrons. The molecule has 2 heterocycles. The first-order chi connectivity index (χ1) is 10.2. The average Bonchev–Trinajstić information content (AvgIpc) is 3.08. The molecule has 0 radical (unpaired) electrons. The zero-order chi connectivity index (χ0) is 14.8. The minimum atomic E-state index is -0.511. The predicted molar refractivity (Wildman–Crippen MR) is 80.7 cm³/mol. The first-order valence-electron chi connectivity index (χ1n) is 7.50. The Bertz CT molecular complexity index is 534. The number of rotatable bonds is 3. The summed E-state index contributed by atoms with van der Waals surface area (Å²) in [6, 6.07) is 1.50. The Morgan fingerprint density at radius 1 is 1.48 bits per heavy atom. The lowest BCUT2D eigenvalue weighted by atomic mass is 10.1. The molecule has 1 atom stereocenters. The van der Waals surface area contributed by atoms with E-state index in [1.54, 1.807) is 23.2 Å². The molecular formula is C15H20N2O3S. The van der Waals surface area contributed by atoms with Gasteiger partial charge in [0.2, 0.25) is 0 Å². The van der Waals surface area contributed by atoms with Crippen molar-refractivity contribution in [2.24, 2.45) is 0 Å². The van der Waals surface area contributed by atoms with Gasteiger partial charge in [-0.1, -0.05) is 0 Å². The first-order valence-corrected chi connectivity index (χ1v) is 8.32. The number of carbonyl (C=O) groups is 2. The average molecular weight is 308 g/mol. The lowest BCUT2D eigenvalue weighted by Crippen LogP contribution is -2.57. The Labute approximate surface area is 128 Å². The zero-order valence-electron chi connectivity index (χ0n) is 12.2. The fourth-order valence-corrected chi connectivity index (χ4v) is 4.18. The van der Waals surface area contributed by atoms with Gasteiger partial charge in [-0.15, -0.1) is 11.3 Å². The molecule has 1 aromatic rings. The van der Waals surface area contributed by atoms with E-state index in [9.17, 15) is 9.59 Å². The molecule has 1 fully saturated rings. The van der Waals surface area contributed by atoms with Gasteiger partial charge in [0, 0.05) is 24.5 Å². The third-order valence-corrected chi connectivity index (χ3v) is 5.25. The van der Waals surface area contributed by atoms with Crippen LogP contribution in [0, 0.1) is 0 Å².